The number of carboxylic acids is 1. The average molecular weight is 1100 g/mol. The molecule has 2 aliphatic rings. The molecule has 0 aromatic heterocycles. The number of rotatable bonds is 13. The molecule has 2 aliphatic heterocycles. The lowest BCUT2D eigenvalue weighted by Gasteiger charge is -2.45. The predicted molar refractivity (Wildman–Crippen MR) is 288 cm³/mol. The van der Waals surface area contributed by atoms with E-state index in [-0.39, 0.29) is 69.1 Å². The van der Waals surface area contributed by atoms with Gasteiger partial charge in [-0.3, -0.25) is 14.6 Å². The Kier molecular flexibility index (Phi) is 32.1. The number of guanidine groups is 1. The summed E-state index contributed by atoms with van der Waals surface area (Å²) in [5.41, 5.74) is 6.08. The number of hydrogen-bond acceptors (Lipinski definition) is 18. The summed E-state index contributed by atoms with van der Waals surface area (Å²) in [7, 11) is 1.63. The van der Waals surface area contributed by atoms with Crippen LogP contribution in [0.5, 0.6) is 0 Å². The Bertz CT molecular complexity index is 1810. The van der Waals surface area contributed by atoms with Crippen molar-refractivity contribution in [1.29, 1.82) is 0 Å². The molecule has 21 heteroatoms. The van der Waals surface area contributed by atoms with E-state index >= 15 is 0 Å². The fourth-order valence-corrected chi connectivity index (χ4v) is 10.3. The molecule has 0 aliphatic carbocycles. The van der Waals surface area contributed by atoms with Gasteiger partial charge in [0, 0.05) is 62.6 Å². The first-order valence-electron chi connectivity index (χ1n) is 28.2. The van der Waals surface area contributed by atoms with Crippen molar-refractivity contribution in [3.05, 3.63) is 23.8 Å². The molecule has 1 saturated heterocycles. The van der Waals surface area contributed by atoms with Crippen LogP contribution in [0.25, 0.3) is 0 Å². The summed E-state index contributed by atoms with van der Waals surface area (Å²) in [6.45, 7) is 13.0. The van der Waals surface area contributed by atoms with E-state index < -0.39 is 134 Å². The van der Waals surface area contributed by atoms with E-state index in [1.54, 1.807) is 46.9 Å². The van der Waals surface area contributed by atoms with Crippen LogP contribution in [-0.2, 0) is 28.6 Å². The Morgan fingerprint density at radius 2 is 1.36 bits per heavy atom. The Morgan fingerprint density at radius 3 is 2.01 bits per heavy atom. The summed E-state index contributed by atoms with van der Waals surface area (Å²) < 4.78 is 17.5. The number of aliphatic hydroxyl groups is 11. The summed E-state index contributed by atoms with van der Waals surface area (Å²) in [5.74, 6) is -8.17. The molecule has 0 spiro atoms. The first-order chi connectivity index (χ1) is 36.1. The van der Waals surface area contributed by atoms with Crippen LogP contribution in [0.4, 0.5) is 0 Å². The van der Waals surface area contributed by atoms with E-state index in [1.807, 2.05) is 20.8 Å². The first kappa shape index (κ1) is 69.8. The number of nitrogens with one attached hydrogen (secondary N) is 1. The maximum Gasteiger partial charge on any atom is 0.333 e. The number of allylic oxidation sites excluding steroid dienone is 1. The van der Waals surface area contributed by atoms with Gasteiger partial charge in [-0.05, 0) is 82.5 Å². The maximum atomic E-state index is 13.7. The SMILES string of the molecule is CN=C(N)NCCCCCCCC[C@@H](C)[C@H]1OC(=O)/C(C)=C/CC[C@@H](C)[C@H](O)C[C@@H](O)[C@H](C)[C@H](O)CC[C@@H](C)[C@H](O)C[C@@]2(O)O[C@@H](C[C@H](OC(=O)CC(=O)O)C[C@H](O)C[C@H](O)C[C@@H](O)[C@H](C)[C@@H](O)/C=C/[C@H]1C)C[C@H](O)[C@H]2O. The number of nitrogens with two attached hydrogens (primary N) is 1. The smallest absolute Gasteiger partial charge is 0.333 e. The summed E-state index contributed by atoms with van der Waals surface area (Å²) in [6, 6.07) is 0. The van der Waals surface area contributed by atoms with Crippen molar-refractivity contribution in [2.45, 2.75) is 256 Å². The normalized spacial score (nSPS) is 38.7. The minimum atomic E-state index is -2.53. The molecule has 0 radical (unpaired) electrons. The Balaban J connectivity index is 2.40. The number of carbonyl (C=O) groups excluding carboxylic acids is 2. The van der Waals surface area contributed by atoms with Crippen molar-refractivity contribution < 1.29 is 89.9 Å². The number of fused-ring (bicyclic) bond motifs is 2. The second kappa shape index (κ2) is 35.4. The van der Waals surface area contributed by atoms with Crippen LogP contribution in [0.2, 0.25) is 0 Å². The van der Waals surface area contributed by atoms with Crippen LogP contribution in [0.15, 0.2) is 28.8 Å². The topological polar surface area (TPSA) is 372 Å². The molecular formula is C56H101N3O18. The summed E-state index contributed by atoms with van der Waals surface area (Å²) >= 11 is 0. The van der Waals surface area contributed by atoms with Gasteiger partial charge >= 0.3 is 17.9 Å². The highest BCUT2D eigenvalue weighted by Crippen LogP contribution is 2.36. The van der Waals surface area contributed by atoms with Crippen LogP contribution in [0, 0.1) is 35.5 Å². The maximum absolute atomic E-state index is 13.7. The highest BCUT2D eigenvalue weighted by molar-refractivity contribution is 5.90. The lowest BCUT2D eigenvalue weighted by molar-refractivity contribution is -0.333. The standard InChI is InChI=1S/C56H101N3O18/c1-32-17-15-18-36(5)54(73)76-52(34(3)16-13-11-9-10-12-14-23-59-55(57)58-8)35(4)20-22-44(63)37(6)46(65)26-40(61)24-39(60)25-41(75-51(71)30-50(69)70)27-42-28-48(67)53(72)56(74,77-42)31-49(68)33(2)19-21-43(62)38(7)47(66)29-45(32)64/h18,20,22,32-35,37-49,52-53,60-68,72,74H,9-17,19,21,23-31H2,1-8H3,(H,69,70)(H3,57,58,59)/b22-20+,36-18+/t32-,33-,34-,35-,37-,38-,39-,40+,41-,42+,43-,44+,45-,46-,47-,48+,49-,52-,53-,56-/m1/s1. The van der Waals surface area contributed by atoms with Crippen LogP contribution < -0.4 is 11.1 Å². The fourth-order valence-electron chi connectivity index (χ4n) is 10.3. The quantitative estimate of drug-likeness (QED) is 0.0315. The van der Waals surface area contributed by atoms with Crippen molar-refractivity contribution in [1.82, 2.24) is 5.32 Å². The van der Waals surface area contributed by atoms with E-state index in [0.717, 1.165) is 51.5 Å². The number of cyclic esters (lactones) is 1. The van der Waals surface area contributed by atoms with Gasteiger partial charge in [0.25, 0.3) is 0 Å². The molecule has 0 saturated carbocycles. The van der Waals surface area contributed by atoms with E-state index in [1.165, 1.54) is 6.08 Å². The Labute approximate surface area is 457 Å². The van der Waals surface area contributed by atoms with Crippen LogP contribution in [0.1, 0.15) is 170 Å². The minimum Gasteiger partial charge on any atom is -0.481 e. The lowest BCUT2D eigenvalue weighted by atomic mass is 9.83. The van der Waals surface area contributed by atoms with Crippen molar-refractivity contribution in [3.8, 4) is 0 Å². The van der Waals surface area contributed by atoms with E-state index in [2.05, 4.69) is 10.3 Å². The van der Waals surface area contributed by atoms with Gasteiger partial charge in [-0.1, -0.05) is 91.9 Å². The predicted octanol–water partition coefficient (Wildman–Crippen LogP) is 2.87. The van der Waals surface area contributed by atoms with Crippen molar-refractivity contribution in [2.24, 2.45) is 46.2 Å². The molecule has 0 unspecified atom stereocenters. The zero-order valence-electron chi connectivity index (χ0n) is 47.2. The van der Waals surface area contributed by atoms with E-state index in [9.17, 15) is 75.7 Å². The molecule has 2 bridgehead atoms. The van der Waals surface area contributed by atoms with Crippen molar-refractivity contribution >= 4 is 23.9 Å². The largest absolute Gasteiger partial charge is 0.481 e. The molecule has 2 heterocycles. The second-order valence-corrected chi connectivity index (χ2v) is 22.8. The molecule has 2 rings (SSSR count). The molecule has 21 nitrogen and oxygen atoms in total. The van der Waals surface area contributed by atoms with Crippen LogP contribution in [-0.4, -0.2) is 184 Å². The number of carboxylic acid groups (broad SMARTS) is 1. The number of aliphatic imine (C=N–C) groups is 1. The zero-order valence-corrected chi connectivity index (χ0v) is 47.2. The number of aliphatic carboxylic acids is 1. The molecule has 20 atom stereocenters. The number of carbonyl (C=O) groups is 3. The number of nitrogens with zero attached hydrogens (tertiary/aromatic N) is 1. The van der Waals surface area contributed by atoms with E-state index in [4.69, 9.17) is 19.9 Å². The number of aliphatic hydroxyl groups excluding tert-OH is 10. The Hall–Kier alpha value is -3.32. The van der Waals surface area contributed by atoms with Gasteiger partial charge < -0.3 is 86.5 Å². The number of esters is 2. The van der Waals surface area contributed by atoms with Gasteiger partial charge in [0.2, 0.25) is 0 Å². The molecule has 15 N–H and O–H groups in total. The number of unbranched alkanes of at least 4 members (excludes halogenated alkanes) is 5. The molecule has 1 fully saturated rings. The summed E-state index contributed by atoms with van der Waals surface area (Å²) in [6.07, 6.45) is -6.59. The fraction of sp³-hybridized carbons (Fsp3) is 0.857. The zero-order chi connectivity index (χ0) is 58.2. The third-order valence-electron chi connectivity index (χ3n) is 16.0. The third kappa shape index (κ3) is 25.8. The molecule has 0 amide bonds. The molecule has 0 aromatic carbocycles. The minimum absolute atomic E-state index is 0.0339. The third-order valence-corrected chi connectivity index (χ3v) is 16.0. The lowest BCUT2D eigenvalue weighted by Crippen LogP contribution is -2.60. The second-order valence-electron chi connectivity index (χ2n) is 22.8. The number of ether oxygens (including phenoxy) is 3. The Morgan fingerprint density at radius 1 is 0.753 bits per heavy atom. The molecule has 77 heavy (non-hydrogen) atoms. The van der Waals surface area contributed by atoms with Crippen LogP contribution in [0.3, 0.4) is 0 Å². The highest BCUT2D eigenvalue weighted by atomic mass is 16.7. The highest BCUT2D eigenvalue weighted by Gasteiger charge is 2.50. The average Bonchev–Trinajstić information content (AvgIpc) is 3.35. The van der Waals surface area contributed by atoms with Crippen molar-refractivity contribution in [2.75, 3.05) is 13.6 Å². The van der Waals surface area contributed by atoms with Crippen molar-refractivity contribution in [3.63, 3.8) is 0 Å². The van der Waals surface area contributed by atoms with E-state index in [0.29, 0.717) is 24.4 Å². The molecule has 0 aromatic rings. The van der Waals surface area contributed by atoms with Gasteiger partial charge in [-0.2, -0.15) is 0 Å². The molecule has 448 valence electrons. The van der Waals surface area contributed by atoms with Gasteiger partial charge in [0.1, 0.15) is 24.7 Å². The molecular weight excluding hydrogens is 1000 g/mol. The first-order valence-corrected chi connectivity index (χ1v) is 28.2. The number of hydrogen-bond donors (Lipinski definition) is 14. The summed E-state index contributed by atoms with van der Waals surface area (Å²) in [5, 5.41) is 135. The monoisotopic (exact) mass is 1100 g/mol. The van der Waals surface area contributed by atoms with Gasteiger partial charge in [-0.25, -0.2) is 4.79 Å². The van der Waals surface area contributed by atoms with Gasteiger partial charge in [0.15, 0.2) is 11.7 Å². The van der Waals surface area contributed by atoms with Gasteiger partial charge in [-0.15, -0.1) is 0 Å². The van der Waals surface area contributed by atoms with Gasteiger partial charge in [0.05, 0.1) is 61.0 Å². The van der Waals surface area contributed by atoms with Crippen LogP contribution >= 0.6 is 0 Å². The summed E-state index contributed by atoms with van der Waals surface area (Å²) in [4.78, 5) is 41.6.